The number of hydrogen-bond acceptors (Lipinski definition) is 7. The standard InChI is InChI=1S/C13H15N3O6/c14-6-3-1-2-5-8(6)11(20)15-16(12(5)21)13-10(19)9(18)7(4-17)22-13/h1-3,7,9-10,13,17-19H,4,14H2,(H,15,20)/t7-,9-,10-,13-/m1/s1. The van der Waals surface area contributed by atoms with E-state index >= 15 is 0 Å². The third kappa shape index (κ3) is 2.03. The van der Waals surface area contributed by atoms with E-state index in [0.717, 1.165) is 4.68 Å². The van der Waals surface area contributed by atoms with Gasteiger partial charge in [-0.3, -0.25) is 14.7 Å². The molecule has 0 unspecified atom stereocenters. The van der Waals surface area contributed by atoms with Gasteiger partial charge in [-0.05, 0) is 12.1 Å². The molecule has 1 aliphatic rings. The zero-order valence-electron chi connectivity index (χ0n) is 11.3. The SMILES string of the molecule is Nc1cccc2c(=O)n([C@@H]3O[C@H](CO)[C@@H](O)[C@H]3O)[nH]c(=O)c12. The number of aromatic nitrogens is 2. The van der Waals surface area contributed by atoms with E-state index in [1.165, 1.54) is 18.2 Å². The molecule has 6 N–H and O–H groups in total. The molecule has 1 aliphatic heterocycles. The van der Waals surface area contributed by atoms with Gasteiger partial charge < -0.3 is 25.8 Å². The highest BCUT2D eigenvalue weighted by atomic mass is 16.6. The molecule has 0 aliphatic carbocycles. The topological polar surface area (TPSA) is 151 Å². The Morgan fingerprint density at radius 3 is 2.64 bits per heavy atom. The number of benzene rings is 1. The summed E-state index contributed by atoms with van der Waals surface area (Å²) in [6.45, 7) is -0.533. The molecule has 0 spiro atoms. The lowest BCUT2D eigenvalue weighted by atomic mass is 10.1. The Bertz CT molecular complexity index is 829. The molecule has 118 valence electrons. The van der Waals surface area contributed by atoms with E-state index in [1.807, 2.05) is 0 Å². The molecule has 1 saturated heterocycles. The molecule has 9 nitrogen and oxygen atoms in total. The number of aromatic amines is 1. The van der Waals surface area contributed by atoms with E-state index in [0.29, 0.717) is 0 Å². The van der Waals surface area contributed by atoms with Crippen LogP contribution in [0.2, 0.25) is 0 Å². The maximum Gasteiger partial charge on any atom is 0.275 e. The van der Waals surface area contributed by atoms with Gasteiger partial charge in [-0.15, -0.1) is 0 Å². The van der Waals surface area contributed by atoms with Crippen LogP contribution in [0.5, 0.6) is 0 Å². The van der Waals surface area contributed by atoms with Gasteiger partial charge in [0.25, 0.3) is 11.1 Å². The number of fused-ring (bicyclic) bond motifs is 1. The summed E-state index contributed by atoms with van der Waals surface area (Å²) < 4.78 is 6.05. The average molecular weight is 309 g/mol. The summed E-state index contributed by atoms with van der Waals surface area (Å²) >= 11 is 0. The minimum Gasteiger partial charge on any atom is -0.398 e. The molecular formula is C13H15N3O6. The van der Waals surface area contributed by atoms with Crippen molar-refractivity contribution >= 4 is 16.5 Å². The number of hydrogen-bond donors (Lipinski definition) is 5. The minimum absolute atomic E-state index is 0.0514. The number of nitrogens with two attached hydrogens (primary N) is 1. The van der Waals surface area contributed by atoms with E-state index in [9.17, 15) is 19.8 Å². The Kier molecular flexibility index (Phi) is 3.49. The second-order valence-electron chi connectivity index (χ2n) is 5.11. The molecule has 3 rings (SSSR count). The largest absolute Gasteiger partial charge is 0.398 e. The lowest BCUT2D eigenvalue weighted by molar-refractivity contribution is -0.0609. The van der Waals surface area contributed by atoms with Crippen LogP contribution in [0.1, 0.15) is 6.23 Å². The van der Waals surface area contributed by atoms with Crippen molar-refractivity contribution in [3.63, 3.8) is 0 Å². The maximum absolute atomic E-state index is 12.5. The summed E-state index contributed by atoms with van der Waals surface area (Å²) in [6.07, 6.45) is -5.20. The van der Waals surface area contributed by atoms with Crippen molar-refractivity contribution in [2.75, 3.05) is 12.3 Å². The first-order valence-electron chi connectivity index (χ1n) is 6.61. The molecule has 9 heteroatoms. The summed E-state index contributed by atoms with van der Waals surface area (Å²) in [5.74, 6) is 0. The van der Waals surface area contributed by atoms with Crippen LogP contribution < -0.4 is 16.9 Å². The third-order valence-corrected chi connectivity index (χ3v) is 3.77. The van der Waals surface area contributed by atoms with Crippen molar-refractivity contribution < 1.29 is 20.1 Å². The Morgan fingerprint density at radius 2 is 2.00 bits per heavy atom. The van der Waals surface area contributed by atoms with Crippen LogP contribution >= 0.6 is 0 Å². The minimum atomic E-state index is -1.47. The Balaban J connectivity index is 2.20. The number of ether oxygens (including phenoxy) is 1. The van der Waals surface area contributed by atoms with Crippen molar-refractivity contribution in [3.05, 3.63) is 38.9 Å². The van der Waals surface area contributed by atoms with Gasteiger partial charge in [0.05, 0.1) is 17.4 Å². The Morgan fingerprint density at radius 1 is 1.27 bits per heavy atom. The highest BCUT2D eigenvalue weighted by Crippen LogP contribution is 2.27. The Hall–Kier alpha value is -2.20. The van der Waals surface area contributed by atoms with Crippen molar-refractivity contribution in [1.82, 2.24) is 9.78 Å². The zero-order chi connectivity index (χ0) is 16.0. The molecule has 0 amide bonds. The number of rotatable bonds is 2. The van der Waals surface area contributed by atoms with Gasteiger partial charge in [0.1, 0.15) is 18.3 Å². The number of nitrogens with one attached hydrogen (secondary N) is 1. The van der Waals surface area contributed by atoms with Crippen LogP contribution in [-0.2, 0) is 4.74 Å². The van der Waals surface area contributed by atoms with E-state index in [-0.39, 0.29) is 16.5 Å². The third-order valence-electron chi connectivity index (χ3n) is 3.77. The van der Waals surface area contributed by atoms with E-state index in [1.54, 1.807) is 0 Å². The Labute approximate surface area is 123 Å². The van der Waals surface area contributed by atoms with Crippen LogP contribution in [-0.4, -0.2) is 50.0 Å². The zero-order valence-corrected chi connectivity index (χ0v) is 11.3. The molecule has 1 fully saturated rings. The monoisotopic (exact) mass is 309 g/mol. The number of nitrogen functional groups attached to an aromatic ring is 1. The number of H-pyrrole nitrogens is 1. The molecule has 0 saturated carbocycles. The fourth-order valence-corrected chi connectivity index (χ4v) is 2.62. The predicted molar refractivity (Wildman–Crippen MR) is 76.3 cm³/mol. The first-order chi connectivity index (χ1) is 10.5. The fourth-order valence-electron chi connectivity index (χ4n) is 2.62. The first-order valence-corrected chi connectivity index (χ1v) is 6.61. The molecule has 1 aromatic heterocycles. The number of aliphatic hydroxyl groups excluding tert-OH is 3. The highest BCUT2D eigenvalue weighted by molar-refractivity contribution is 5.91. The molecule has 0 bridgehead atoms. The van der Waals surface area contributed by atoms with Gasteiger partial charge in [-0.1, -0.05) is 6.07 Å². The van der Waals surface area contributed by atoms with Crippen molar-refractivity contribution in [2.24, 2.45) is 0 Å². The van der Waals surface area contributed by atoms with Crippen molar-refractivity contribution in [2.45, 2.75) is 24.5 Å². The summed E-state index contributed by atoms with van der Waals surface area (Å²) in [4.78, 5) is 24.6. The fraction of sp³-hybridized carbons (Fsp3) is 0.385. The maximum atomic E-state index is 12.5. The van der Waals surface area contributed by atoms with Gasteiger partial charge in [0.15, 0.2) is 6.23 Å². The number of anilines is 1. The second-order valence-corrected chi connectivity index (χ2v) is 5.11. The summed E-state index contributed by atoms with van der Waals surface area (Å²) in [5, 5.41) is 31.2. The van der Waals surface area contributed by atoms with Gasteiger partial charge in [0, 0.05) is 5.69 Å². The van der Waals surface area contributed by atoms with Crippen molar-refractivity contribution in [3.8, 4) is 0 Å². The molecule has 22 heavy (non-hydrogen) atoms. The molecule has 0 radical (unpaired) electrons. The summed E-state index contributed by atoms with van der Waals surface area (Å²) in [7, 11) is 0. The van der Waals surface area contributed by atoms with Gasteiger partial charge >= 0.3 is 0 Å². The predicted octanol–water partition coefficient (Wildman–Crippen LogP) is -2.12. The van der Waals surface area contributed by atoms with Gasteiger partial charge in [0.2, 0.25) is 0 Å². The van der Waals surface area contributed by atoms with E-state index < -0.39 is 42.3 Å². The molecule has 2 heterocycles. The van der Waals surface area contributed by atoms with Crippen LogP contribution in [0.3, 0.4) is 0 Å². The molecule has 4 atom stereocenters. The quantitative estimate of drug-likeness (QED) is 0.398. The van der Waals surface area contributed by atoms with Crippen molar-refractivity contribution in [1.29, 1.82) is 0 Å². The highest BCUT2D eigenvalue weighted by Gasteiger charge is 2.44. The second kappa shape index (κ2) is 5.21. The summed E-state index contributed by atoms with van der Waals surface area (Å²) in [5.41, 5.74) is 4.61. The normalized spacial score (nSPS) is 28.3. The van der Waals surface area contributed by atoms with Gasteiger partial charge in [-0.25, -0.2) is 4.68 Å². The van der Waals surface area contributed by atoms with Crippen LogP contribution in [0.25, 0.3) is 10.8 Å². The van der Waals surface area contributed by atoms with Crippen LogP contribution in [0.4, 0.5) is 5.69 Å². The summed E-state index contributed by atoms with van der Waals surface area (Å²) in [6, 6.07) is 4.45. The molecule has 1 aromatic carbocycles. The number of aliphatic hydroxyl groups is 3. The smallest absolute Gasteiger partial charge is 0.275 e. The lowest BCUT2D eigenvalue weighted by Crippen LogP contribution is -2.39. The first kappa shape index (κ1) is 14.7. The lowest BCUT2D eigenvalue weighted by Gasteiger charge is -2.17. The van der Waals surface area contributed by atoms with E-state index in [4.69, 9.17) is 15.6 Å². The van der Waals surface area contributed by atoms with Gasteiger partial charge in [-0.2, -0.15) is 0 Å². The molecular weight excluding hydrogens is 294 g/mol. The van der Waals surface area contributed by atoms with E-state index in [2.05, 4.69) is 5.10 Å². The van der Waals surface area contributed by atoms with Crippen LogP contribution in [0, 0.1) is 0 Å². The van der Waals surface area contributed by atoms with Crippen LogP contribution in [0.15, 0.2) is 27.8 Å². The molecule has 2 aromatic rings. The number of nitrogens with zero attached hydrogens (tertiary/aromatic N) is 1. The average Bonchev–Trinajstić information content (AvgIpc) is 2.78.